The zero-order chi connectivity index (χ0) is 27.4. The number of benzene rings is 2. The van der Waals surface area contributed by atoms with E-state index in [1.165, 1.54) is 15.9 Å². The van der Waals surface area contributed by atoms with Gasteiger partial charge < -0.3 is 15.6 Å². The van der Waals surface area contributed by atoms with E-state index < -0.39 is 10.0 Å². The van der Waals surface area contributed by atoms with Gasteiger partial charge in [0, 0.05) is 62.7 Å². The van der Waals surface area contributed by atoms with E-state index in [1.54, 1.807) is 62.6 Å². The van der Waals surface area contributed by atoms with E-state index in [4.69, 9.17) is 0 Å². The number of sulfonamides is 1. The molecule has 1 fully saturated rings. The molecule has 0 saturated carbocycles. The Morgan fingerprint density at radius 2 is 1.79 bits per heavy atom. The lowest BCUT2D eigenvalue weighted by Gasteiger charge is -2.36. The number of H-pyrrole nitrogens is 1. The highest BCUT2D eigenvalue weighted by Gasteiger charge is 2.31. The maximum absolute atomic E-state index is 13.6. The summed E-state index contributed by atoms with van der Waals surface area (Å²) < 4.78 is 41.7. The number of rotatable bonds is 9. The van der Waals surface area contributed by atoms with Crippen LogP contribution in [0, 0.1) is 12.7 Å². The monoisotopic (exact) mass is 549 g/mol. The minimum atomic E-state index is -3.63. The minimum Gasteiger partial charge on any atom is -0.367 e. The average molecular weight is 550 g/mol. The molecule has 2 aromatic carbocycles. The molecule has 0 bridgehead atoms. The van der Waals surface area contributed by atoms with Crippen LogP contribution in [0.2, 0.25) is 0 Å². The second kappa shape index (κ2) is 11.5. The third-order valence-electron chi connectivity index (χ3n) is 7.01. The van der Waals surface area contributed by atoms with Crippen LogP contribution < -0.4 is 10.6 Å². The fraction of sp³-hybridized carbons (Fsp3) is 0.286. The molecule has 0 amide bonds. The van der Waals surface area contributed by atoms with E-state index in [0.29, 0.717) is 28.7 Å². The van der Waals surface area contributed by atoms with Crippen molar-refractivity contribution in [2.24, 2.45) is 0 Å². The number of piperidine rings is 1. The molecule has 1 aliphatic heterocycles. The van der Waals surface area contributed by atoms with Gasteiger partial charge >= 0.3 is 0 Å². The first-order chi connectivity index (χ1) is 18.8. The molecular formula is C28H32FN7O2S. The molecule has 39 heavy (non-hydrogen) atoms. The molecule has 0 aliphatic carbocycles. The van der Waals surface area contributed by atoms with Crippen LogP contribution >= 0.6 is 0 Å². The molecule has 3 N–H and O–H groups in total. The van der Waals surface area contributed by atoms with Gasteiger partial charge in [0.15, 0.2) is 0 Å². The largest absolute Gasteiger partial charge is 0.367 e. The highest BCUT2D eigenvalue weighted by atomic mass is 32.2. The fourth-order valence-electron chi connectivity index (χ4n) is 4.72. The van der Waals surface area contributed by atoms with Gasteiger partial charge in [0.1, 0.15) is 11.6 Å². The number of aromatic nitrogens is 3. The molecule has 1 saturated heterocycles. The van der Waals surface area contributed by atoms with Crippen molar-refractivity contribution in [2.45, 2.75) is 37.2 Å². The lowest BCUT2D eigenvalue weighted by molar-refractivity contribution is 0.164. The summed E-state index contributed by atoms with van der Waals surface area (Å²) in [5, 5.41) is 6.24. The topological polar surface area (TPSA) is 106 Å². The molecule has 11 heteroatoms. The number of hydrogen-bond acceptors (Lipinski definition) is 7. The Labute approximate surface area is 228 Å². The number of nitrogens with one attached hydrogen (secondary N) is 3. The lowest BCUT2D eigenvalue weighted by atomic mass is 10.1. The molecular weight excluding hydrogens is 517 g/mol. The molecule has 5 rings (SSSR count). The Morgan fingerprint density at radius 1 is 1.05 bits per heavy atom. The first-order valence-corrected chi connectivity index (χ1v) is 14.3. The summed E-state index contributed by atoms with van der Waals surface area (Å²) in [5.41, 5.74) is 3.14. The normalized spacial score (nSPS) is 15.0. The maximum Gasteiger partial charge on any atom is 0.243 e. The van der Waals surface area contributed by atoms with Crippen LogP contribution in [-0.2, 0) is 16.6 Å². The number of nitrogens with zero attached hydrogens (tertiary/aromatic N) is 4. The molecule has 0 spiro atoms. The summed E-state index contributed by atoms with van der Waals surface area (Å²) in [6.07, 6.45) is 7.10. The number of aromatic amines is 1. The Balaban J connectivity index is 1.19. The second-order valence-electron chi connectivity index (χ2n) is 9.75. The molecule has 0 atom stereocenters. The van der Waals surface area contributed by atoms with Crippen LogP contribution in [0.5, 0.6) is 0 Å². The molecule has 2 aromatic heterocycles. The molecule has 0 radical (unpaired) electrons. The number of halogens is 1. The summed E-state index contributed by atoms with van der Waals surface area (Å²) in [5.74, 6) is 0.618. The van der Waals surface area contributed by atoms with E-state index in [-0.39, 0.29) is 16.8 Å². The Kier molecular flexibility index (Phi) is 7.92. The van der Waals surface area contributed by atoms with Crippen LogP contribution in [0.25, 0.3) is 0 Å². The summed E-state index contributed by atoms with van der Waals surface area (Å²) in [6, 6.07) is 15.1. The van der Waals surface area contributed by atoms with Crippen LogP contribution in [0.15, 0.2) is 78.1 Å². The predicted octanol–water partition coefficient (Wildman–Crippen LogP) is 5.02. The van der Waals surface area contributed by atoms with Crippen LogP contribution in [0.3, 0.4) is 0 Å². The Morgan fingerprint density at radius 3 is 2.49 bits per heavy atom. The first kappa shape index (κ1) is 26.8. The number of anilines is 4. The molecule has 1 aliphatic rings. The summed E-state index contributed by atoms with van der Waals surface area (Å²) in [7, 11) is -1.96. The van der Waals surface area contributed by atoms with Gasteiger partial charge in [-0.15, -0.1) is 0 Å². The number of likely N-dealkylation sites (tertiary alicyclic amines) is 1. The Bertz CT molecular complexity index is 1500. The fourth-order valence-corrected chi connectivity index (χ4v) is 6.13. The van der Waals surface area contributed by atoms with Crippen molar-refractivity contribution in [3.05, 3.63) is 90.1 Å². The van der Waals surface area contributed by atoms with Crippen molar-refractivity contribution >= 4 is 33.2 Å². The van der Waals surface area contributed by atoms with Crippen molar-refractivity contribution in [2.75, 3.05) is 30.8 Å². The molecule has 3 heterocycles. The van der Waals surface area contributed by atoms with E-state index in [0.717, 1.165) is 32.5 Å². The molecule has 4 aromatic rings. The van der Waals surface area contributed by atoms with Crippen LogP contribution in [0.1, 0.15) is 24.0 Å². The maximum atomic E-state index is 13.6. The highest BCUT2D eigenvalue weighted by molar-refractivity contribution is 7.89. The number of aryl methyl sites for hydroxylation is 1. The van der Waals surface area contributed by atoms with E-state index >= 15 is 0 Å². The zero-order valence-corrected chi connectivity index (χ0v) is 22.7. The van der Waals surface area contributed by atoms with E-state index in [1.807, 2.05) is 12.4 Å². The quantitative estimate of drug-likeness (QED) is 0.269. The van der Waals surface area contributed by atoms with E-state index in [9.17, 15) is 12.8 Å². The highest BCUT2D eigenvalue weighted by Crippen LogP contribution is 2.25. The van der Waals surface area contributed by atoms with Crippen molar-refractivity contribution in [3.63, 3.8) is 0 Å². The molecule has 9 nitrogen and oxygen atoms in total. The molecule has 204 valence electrons. The van der Waals surface area contributed by atoms with Crippen LogP contribution in [0.4, 0.5) is 27.5 Å². The van der Waals surface area contributed by atoms with Gasteiger partial charge in [0.25, 0.3) is 0 Å². The van der Waals surface area contributed by atoms with Crippen molar-refractivity contribution in [1.29, 1.82) is 0 Å². The van der Waals surface area contributed by atoms with Crippen molar-refractivity contribution in [1.82, 2.24) is 24.2 Å². The lowest BCUT2D eigenvalue weighted by Crippen LogP contribution is -2.45. The van der Waals surface area contributed by atoms with Gasteiger partial charge in [0.05, 0.1) is 4.90 Å². The third kappa shape index (κ3) is 6.44. The summed E-state index contributed by atoms with van der Waals surface area (Å²) in [6.45, 7) is 4.28. The zero-order valence-electron chi connectivity index (χ0n) is 21.9. The van der Waals surface area contributed by atoms with Gasteiger partial charge in [-0.1, -0.05) is 0 Å². The van der Waals surface area contributed by atoms with Gasteiger partial charge in [-0.2, -0.15) is 9.29 Å². The standard InChI is InChI=1S/C28H32FN7O2S/c1-20-17-23(5-8-26(20)29)32-27-10-14-31-28(34-27)33-22-3-6-25(7-4-22)39(37,38)35(2)24-11-15-36(16-12-24)19-21-9-13-30-18-21/h3-10,13-14,17-18,24,30H,11-12,15-16,19H2,1-2H3,(H2,31,32,33,34). The Hall–Kier alpha value is -3.80. The minimum absolute atomic E-state index is 0.0381. The summed E-state index contributed by atoms with van der Waals surface area (Å²) >= 11 is 0. The molecule has 0 unspecified atom stereocenters. The van der Waals surface area contributed by atoms with Gasteiger partial charge in [-0.05, 0) is 85.5 Å². The number of hydrogen-bond donors (Lipinski definition) is 3. The first-order valence-electron chi connectivity index (χ1n) is 12.8. The van der Waals surface area contributed by atoms with Gasteiger partial charge in [-0.3, -0.25) is 4.90 Å². The third-order valence-corrected chi connectivity index (χ3v) is 8.94. The van der Waals surface area contributed by atoms with Crippen molar-refractivity contribution in [3.8, 4) is 0 Å². The van der Waals surface area contributed by atoms with E-state index in [2.05, 4.69) is 36.6 Å². The van der Waals surface area contributed by atoms with Gasteiger partial charge in [0.2, 0.25) is 16.0 Å². The van der Waals surface area contributed by atoms with Crippen LogP contribution in [-0.4, -0.2) is 58.8 Å². The smallest absolute Gasteiger partial charge is 0.243 e. The summed E-state index contributed by atoms with van der Waals surface area (Å²) in [4.78, 5) is 14.4. The average Bonchev–Trinajstić information content (AvgIpc) is 3.44. The second-order valence-corrected chi connectivity index (χ2v) is 11.7. The van der Waals surface area contributed by atoms with Crippen molar-refractivity contribution < 1.29 is 12.8 Å². The SMILES string of the molecule is Cc1cc(Nc2ccnc(Nc3ccc(S(=O)(=O)N(C)C4CCN(Cc5cc[nH]c5)CC4)cc3)n2)ccc1F. The van der Waals surface area contributed by atoms with Gasteiger partial charge in [-0.25, -0.2) is 17.8 Å². The predicted molar refractivity (Wildman–Crippen MR) is 150 cm³/mol.